The molecule has 0 fully saturated rings. The number of aliphatic hydroxyl groups excluding tert-OH is 4. The second kappa shape index (κ2) is 10.0. The first kappa shape index (κ1) is 23.6. The first-order chi connectivity index (χ1) is 15.3. The summed E-state index contributed by atoms with van der Waals surface area (Å²) in [5.74, 6) is -0.192. The Morgan fingerprint density at radius 1 is 0.469 bits per heavy atom. The van der Waals surface area contributed by atoms with Gasteiger partial charge in [0.2, 0.25) is 0 Å². The molecule has 3 aromatic rings. The highest BCUT2D eigenvalue weighted by Crippen LogP contribution is 2.33. The van der Waals surface area contributed by atoms with Gasteiger partial charge in [-0.05, 0) is 53.4 Å². The number of benzene rings is 3. The van der Waals surface area contributed by atoms with Gasteiger partial charge in [-0.25, -0.2) is 0 Å². The zero-order valence-corrected chi connectivity index (χ0v) is 17.8. The van der Waals surface area contributed by atoms with E-state index in [1.54, 1.807) is 24.3 Å². The van der Waals surface area contributed by atoms with Gasteiger partial charge in [-0.3, -0.25) is 0 Å². The summed E-state index contributed by atoms with van der Waals surface area (Å²) in [7, 11) is 0. The molecule has 0 spiro atoms. The molecule has 0 amide bonds. The van der Waals surface area contributed by atoms with Crippen LogP contribution in [0.15, 0.2) is 36.4 Å². The standard InChI is InChI=1S/C25H28O7/c1-14-2-17(4-15-6-19(10-26)24(31)20(7-15)11-27)23(30)18(3-14)5-16-8-21(12-28)25(32)22(9-16)13-29/h2-3,6-9,26-32H,4-5,10-13H2,1H3. The number of phenols is 3. The lowest BCUT2D eigenvalue weighted by atomic mass is 9.93. The van der Waals surface area contributed by atoms with Crippen LogP contribution in [0.2, 0.25) is 0 Å². The zero-order chi connectivity index (χ0) is 23.4. The molecule has 0 aromatic heterocycles. The summed E-state index contributed by atoms with van der Waals surface area (Å²) in [5, 5.41) is 69.1. The van der Waals surface area contributed by atoms with Gasteiger partial charge in [0.25, 0.3) is 0 Å². The number of hydrogen-bond donors (Lipinski definition) is 7. The monoisotopic (exact) mass is 440 g/mol. The molecule has 0 radical (unpaired) electrons. The fourth-order valence-corrected chi connectivity index (χ4v) is 3.99. The predicted octanol–water partition coefficient (Wildman–Crippen LogP) is 2.26. The molecule has 0 bridgehead atoms. The predicted molar refractivity (Wildman–Crippen MR) is 118 cm³/mol. The van der Waals surface area contributed by atoms with Gasteiger partial charge in [-0.1, -0.05) is 17.7 Å². The number of rotatable bonds is 8. The van der Waals surface area contributed by atoms with Crippen molar-refractivity contribution >= 4 is 0 Å². The van der Waals surface area contributed by atoms with Crippen LogP contribution in [0, 0.1) is 6.92 Å². The SMILES string of the molecule is Cc1cc(Cc2cc(CO)c(O)c(CO)c2)c(O)c(Cc2cc(CO)c(O)c(CO)c2)c1. The molecule has 0 unspecified atom stereocenters. The Balaban J connectivity index is 1.99. The minimum absolute atomic E-state index is 0.0870. The Morgan fingerprint density at radius 3 is 1.03 bits per heavy atom. The molecule has 170 valence electrons. The molecule has 3 aromatic carbocycles. The van der Waals surface area contributed by atoms with Crippen LogP contribution >= 0.6 is 0 Å². The van der Waals surface area contributed by atoms with E-state index >= 15 is 0 Å². The van der Waals surface area contributed by atoms with E-state index in [1.807, 2.05) is 19.1 Å². The van der Waals surface area contributed by atoms with E-state index in [2.05, 4.69) is 0 Å². The third-order valence-corrected chi connectivity index (χ3v) is 5.54. The fourth-order valence-electron chi connectivity index (χ4n) is 3.99. The van der Waals surface area contributed by atoms with Crippen LogP contribution in [0.5, 0.6) is 17.2 Å². The van der Waals surface area contributed by atoms with E-state index < -0.39 is 0 Å². The van der Waals surface area contributed by atoms with Gasteiger partial charge in [0.05, 0.1) is 26.4 Å². The highest BCUT2D eigenvalue weighted by Gasteiger charge is 2.15. The summed E-state index contributed by atoms with van der Waals surface area (Å²) in [6.07, 6.45) is 0.639. The smallest absolute Gasteiger partial charge is 0.126 e. The summed E-state index contributed by atoms with van der Waals surface area (Å²) < 4.78 is 0. The summed E-state index contributed by atoms with van der Waals surface area (Å²) in [6.45, 7) is 0.395. The van der Waals surface area contributed by atoms with Gasteiger partial charge in [-0.15, -0.1) is 0 Å². The number of phenolic OH excluding ortho intramolecular Hbond substituents is 1. The Labute approximate surface area is 186 Å². The maximum absolute atomic E-state index is 11.0. The molecule has 0 heterocycles. The van der Waals surface area contributed by atoms with Crippen molar-refractivity contribution < 1.29 is 35.7 Å². The molecule has 0 aliphatic heterocycles. The Morgan fingerprint density at radius 2 is 0.750 bits per heavy atom. The van der Waals surface area contributed by atoms with Crippen molar-refractivity contribution in [2.45, 2.75) is 46.2 Å². The van der Waals surface area contributed by atoms with E-state index in [1.165, 1.54) is 0 Å². The molecule has 7 N–H and O–H groups in total. The maximum atomic E-state index is 11.0. The third kappa shape index (κ3) is 4.87. The van der Waals surface area contributed by atoms with Crippen LogP contribution in [0.4, 0.5) is 0 Å². The van der Waals surface area contributed by atoms with E-state index in [4.69, 9.17) is 0 Å². The van der Waals surface area contributed by atoms with Crippen molar-refractivity contribution in [3.63, 3.8) is 0 Å². The van der Waals surface area contributed by atoms with Crippen molar-refractivity contribution in [3.05, 3.63) is 86.5 Å². The van der Waals surface area contributed by atoms with Gasteiger partial charge < -0.3 is 35.7 Å². The molecular formula is C25H28O7. The highest BCUT2D eigenvalue weighted by atomic mass is 16.3. The van der Waals surface area contributed by atoms with E-state index in [0.717, 1.165) is 16.7 Å². The molecule has 7 heteroatoms. The van der Waals surface area contributed by atoms with Gasteiger partial charge in [-0.2, -0.15) is 0 Å². The average Bonchev–Trinajstić information content (AvgIpc) is 2.78. The minimum Gasteiger partial charge on any atom is -0.507 e. The topological polar surface area (TPSA) is 142 Å². The van der Waals surface area contributed by atoms with Crippen molar-refractivity contribution in [1.82, 2.24) is 0 Å². The highest BCUT2D eigenvalue weighted by molar-refractivity contribution is 5.51. The molecule has 3 rings (SSSR count). The van der Waals surface area contributed by atoms with E-state index in [-0.39, 0.29) is 43.7 Å². The van der Waals surface area contributed by atoms with Crippen molar-refractivity contribution in [2.24, 2.45) is 0 Å². The normalized spacial score (nSPS) is 11.2. The van der Waals surface area contributed by atoms with E-state index in [0.29, 0.717) is 46.2 Å². The zero-order valence-electron chi connectivity index (χ0n) is 17.8. The lowest BCUT2D eigenvalue weighted by molar-refractivity contribution is 0.263. The van der Waals surface area contributed by atoms with Gasteiger partial charge in [0.1, 0.15) is 17.2 Å². The number of aryl methyl sites for hydroxylation is 1. The molecule has 32 heavy (non-hydrogen) atoms. The Bertz CT molecular complexity index is 987. The summed E-state index contributed by atoms with van der Waals surface area (Å²) in [4.78, 5) is 0. The fraction of sp³-hybridized carbons (Fsp3) is 0.280. The lowest BCUT2D eigenvalue weighted by Crippen LogP contribution is -2.00. The molecule has 0 aliphatic rings. The molecule has 7 nitrogen and oxygen atoms in total. The largest absolute Gasteiger partial charge is 0.507 e. The molecule has 0 saturated heterocycles. The van der Waals surface area contributed by atoms with Gasteiger partial charge >= 0.3 is 0 Å². The average molecular weight is 440 g/mol. The summed E-state index contributed by atoms with van der Waals surface area (Å²) >= 11 is 0. The molecule has 0 aliphatic carbocycles. The van der Waals surface area contributed by atoms with Crippen LogP contribution in [-0.2, 0) is 39.3 Å². The Kier molecular flexibility index (Phi) is 7.37. The van der Waals surface area contributed by atoms with Crippen molar-refractivity contribution in [2.75, 3.05) is 0 Å². The van der Waals surface area contributed by atoms with Crippen LogP contribution in [0.25, 0.3) is 0 Å². The van der Waals surface area contributed by atoms with Crippen LogP contribution in [0.1, 0.15) is 50.1 Å². The van der Waals surface area contributed by atoms with Gasteiger partial charge in [0, 0.05) is 35.1 Å². The maximum Gasteiger partial charge on any atom is 0.126 e. The minimum atomic E-state index is -0.376. The quantitative estimate of drug-likeness (QED) is 0.285. The van der Waals surface area contributed by atoms with E-state index in [9.17, 15) is 35.7 Å². The van der Waals surface area contributed by atoms with Crippen molar-refractivity contribution in [3.8, 4) is 17.2 Å². The van der Waals surface area contributed by atoms with Crippen LogP contribution in [-0.4, -0.2) is 35.7 Å². The molecular weight excluding hydrogens is 412 g/mol. The number of aliphatic hydroxyl groups is 4. The number of aromatic hydroxyl groups is 3. The first-order valence-electron chi connectivity index (χ1n) is 10.2. The summed E-state index contributed by atoms with van der Waals surface area (Å²) in [6, 6.07) is 10.2. The second-order valence-electron chi connectivity index (χ2n) is 7.94. The van der Waals surface area contributed by atoms with Crippen molar-refractivity contribution in [1.29, 1.82) is 0 Å². The lowest BCUT2D eigenvalue weighted by Gasteiger charge is -2.15. The number of hydrogen-bond acceptors (Lipinski definition) is 7. The van der Waals surface area contributed by atoms with Crippen LogP contribution < -0.4 is 0 Å². The third-order valence-electron chi connectivity index (χ3n) is 5.54. The van der Waals surface area contributed by atoms with Gasteiger partial charge in [0.15, 0.2) is 0 Å². The molecule has 0 saturated carbocycles. The Hall–Kier alpha value is -3.10. The van der Waals surface area contributed by atoms with Crippen LogP contribution in [0.3, 0.4) is 0 Å². The summed E-state index contributed by atoms with van der Waals surface area (Å²) in [5.41, 5.74) is 4.85. The molecule has 0 atom stereocenters. The second-order valence-corrected chi connectivity index (χ2v) is 7.94. The first-order valence-corrected chi connectivity index (χ1v) is 10.2.